The predicted molar refractivity (Wildman–Crippen MR) is 128 cm³/mol. The molecule has 1 saturated heterocycles. The Hall–Kier alpha value is -3.22. The number of nitrogens with one attached hydrogen (secondary N) is 1. The van der Waals surface area contributed by atoms with Crippen molar-refractivity contribution in [3.05, 3.63) is 64.6 Å². The maximum atomic E-state index is 13.3. The van der Waals surface area contributed by atoms with Gasteiger partial charge in [0.05, 0.1) is 18.4 Å². The summed E-state index contributed by atoms with van der Waals surface area (Å²) in [5.41, 5.74) is 0.448. The van der Waals surface area contributed by atoms with Crippen LogP contribution in [-0.2, 0) is 9.53 Å². The highest BCUT2D eigenvalue weighted by molar-refractivity contribution is 9.10. The average Bonchev–Trinajstić information content (AvgIpc) is 2.84. The number of methoxy groups -OCH3 is 1. The third kappa shape index (κ3) is 5.09. The molecule has 0 saturated carbocycles. The summed E-state index contributed by atoms with van der Waals surface area (Å²) in [7, 11) is 1.47. The van der Waals surface area contributed by atoms with Crippen molar-refractivity contribution >= 4 is 44.3 Å². The Bertz CT molecular complexity index is 1270. The lowest BCUT2D eigenvalue weighted by Crippen LogP contribution is -2.61. The predicted octanol–water partition coefficient (Wildman–Crippen LogP) is 2.13. The van der Waals surface area contributed by atoms with Gasteiger partial charge in [0.1, 0.15) is 29.8 Å². The molecule has 35 heavy (non-hydrogen) atoms. The van der Waals surface area contributed by atoms with Gasteiger partial charge in [-0.15, -0.1) is 0 Å². The minimum Gasteiger partial charge on any atom is -0.495 e. The van der Waals surface area contributed by atoms with Crippen LogP contribution in [-0.4, -0.2) is 70.1 Å². The van der Waals surface area contributed by atoms with Crippen LogP contribution in [0.3, 0.4) is 0 Å². The van der Waals surface area contributed by atoms with Crippen LogP contribution in [0, 0.1) is 0 Å². The number of carbonyl (C=O) groups excluding carboxylic acids is 1. The van der Waals surface area contributed by atoms with E-state index in [1.807, 2.05) is 0 Å². The van der Waals surface area contributed by atoms with Crippen LogP contribution in [0.2, 0.25) is 0 Å². The average molecular weight is 548 g/mol. The van der Waals surface area contributed by atoms with E-state index >= 15 is 0 Å². The van der Waals surface area contributed by atoms with E-state index < -0.39 is 42.6 Å². The van der Waals surface area contributed by atoms with Gasteiger partial charge >= 0.3 is 5.97 Å². The number of aliphatic carboxylic acids is 1. The molecule has 184 valence electrons. The summed E-state index contributed by atoms with van der Waals surface area (Å²) in [5, 5.41) is 43.9. The zero-order valence-corrected chi connectivity index (χ0v) is 19.9. The Balaban J connectivity index is 1.73. The van der Waals surface area contributed by atoms with Gasteiger partial charge in [-0.3, -0.25) is 4.79 Å². The number of halogens is 1. The van der Waals surface area contributed by atoms with E-state index in [4.69, 9.17) is 14.2 Å². The molecule has 11 heteroatoms. The van der Waals surface area contributed by atoms with Gasteiger partial charge < -0.3 is 40.0 Å². The first-order chi connectivity index (χ1) is 16.7. The van der Waals surface area contributed by atoms with Gasteiger partial charge in [-0.2, -0.15) is 0 Å². The number of hydrogen-bond donors (Lipinski definition) is 5. The van der Waals surface area contributed by atoms with Crippen molar-refractivity contribution in [3.63, 3.8) is 0 Å². The number of carboxylic acids is 1. The van der Waals surface area contributed by atoms with Crippen molar-refractivity contribution < 1.29 is 44.2 Å². The quantitative estimate of drug-likeness (QED) is 0.312. The van der Waals surface area contributed by atoms with Crippen molar-refractivity contribution in [1.82, 2.24) is 0 Å². The van der Waals surface area contributed by atoms with Crippen molar-refractivity contribution in [2.45, 2.75) is 30.7 Å². The monoisotopic (exact) mass is 547 g/mol. The number of anilines is 1. The molecule has 1 fully saturated rings. The first-order valence-electron chi connectivity index (χ1n) is 10.5. The minimum atomic E-state index is -1.87. The maximum Gasteiger partial charge on any atom is 0.335 e. The number of carboxylic acid groups (broad SMARTS) is 1. The van der Waals surface area contributed by atoms with Gasteiger partial charge in [0.25, 0.3) is 5.91 Å². The fraction of sp³-hybridized carbons (Fsp3) is 0.250. The number of ether oxygens (including phenoxy) is 3. The van der Waals surface area contributed by atoms with E-state index in [2.05, 4.69) is 21.2 Å². The van der Waals surface area contributed by atoms with Crippen molar-refractivity contribution in [2.75, 3.05) is 12.4 Å². The van der Waals surface area contributed by atoms with Crippen molar-refractivity contribution in [1.29, 1.82) is 0 Å². The zero-order valence-electron chi connectivity index (χ0n) is 18.3. The molecule has 3 aromatic rings. The van der Waals surface area contributed by atoms with Crippen molar-refractivity contribution in [3.8, 4) is 11.5 Å². The highest BCUT2D eigenvalue weighted by atomic mass is 79.9. The second kappa shape index (κ2) is 10.2. The fourth-order valence-electron chi connectivity index (χ4n) is 3.73. The van der Waals surface area contributed by atoms with Gasteiger partial charge in [-0.05, 0) is 47.2 Å². The molecular weight excluding hydrogens is 526 g/mol. The molecule has 0 unspecified atom stereocenters. The second-order valence-corrected chi connectivity index (χ2v) is 8.76. The lowest BCUT2D eigenvalue weighted by Gasteiger charge is -2.38. The standard InChI is InChI=1S/C24H22BrNO9/c1-33-16-5-3-2-4-15(16)26-22(30)14-9-12-8-13(25)7-6-11(12)10-17(14)34-24-20(29)18(27)19(28)21(35-24)23(31)32/h2-10,18-21,24,27-29H,1H3,(H,26,30)(H,31,32)/t18-,19-,20+,21-,24+/m1/s1. The highest BCUT2D eigenvalue weighted by Gasteiger charge is 2.48. The van der Waals surface area contributed by atoms with Crippen LogP contribution in [0.15, 0.2) is 59.1 Å². The van der Waals surface area contributed by atoms with E-state index in [1.54, 1.807) is 48.5 Å². The first-order valence-corrected chi connectivity index (χ1v) is 11.3. The summed E-state index contributed by atoms with van der Waals surface area (Å²) < 4.78 is 17.0. The van der Waals surface area contributed by atoms with Crippen LogP contribution in [0.25, 0.3) is 10.8 Å². The third-order valence-electron chi connectivity index (χ3n) is 5.56. The Morgan fingerprint density at radius 3 is 2.40 bits per heavy atom. The number of aliphatic hydroxyl groups excluding tert-OH is 3. The molecule has 4 rings (SSSR count). The summed E-state index contributed by atoms with van der Waals surface area (Å²) in [6.45, 7) is 0. The number of rotatable bonds is 6. The smallest absolute Gasteiger partial charge is 0.335 e. The molecule has 5 N–H and O–H groups in total. The Morgan fingerprint density at radius 1 is 0.943 bits per heavy atom. The Labute approximate surface area is 207 Å². The number of fused-ring (bicyclic) bond motifs is 1. The van der Waals surface area contributed by atoms with E-state index in [9.17, 15) is 30.0 Å². The van der Waals surface area contributed by atoms with Gasteiger partial charge in [0.15, 0.2) is 6.10 Å². The molecule has 0 aromatic heterocycles. The third-order valence-corrected chi connectivity index (χ3v) is 6.05. The van der Waals surface area contributed by atoms with Crippen LogP contribution in [0.1, 0.15) is 10.4 Å². The molecule has 0 spiro atoms. The molecule has 0 radical (unpaired) electrons. The van der Waals surface area contributed by atoms with Crippen LogP contribution in [0.5, 0.6) is 11.5 Å². The van der Waals surface area contributed by atoms with E-state index in [0.717, 1.165) is 4.47 Å². The fourth-order valence-corrected chi connectivity index (χ4v) is 4.11. The minimum absolute atomic E-state index is 0.0380. The number of carbonyl (C=O) groups is 2. The molecular formula is C24H22BrNO9. The highest BCUT2D eigenvalue weighted by Crippen LogP contribution is 2.33. The van der Waals surface area contributed by atoms with Gasteiger partial charge in [0, 0.05) is 4.47 Å². The Kier molecular flexibility index (Phi) is 7.24. The summed E-state index contributed by atoms with van der Waals surface area (Å²) in [6.07, 6.45) is -9.03. The molecule has 5 atom stereocenters. The molecule has 0 aliphatic carbocycles. The molecule has 3 aromatic carbocycles. The Morgan fingerprint density at radius 2 is 1.69 bits per heavy atom. The second-order valence-electron chi connectivity index (χ2n) is 7.85. The molecule has 1 heterocycles. The molecule has 0 bridgehead atoms. The van der Waals surface area contributed by atoms with Gasteiger partial charge in [-0.1, -0.05) is 34.1 Å². The van der Waals surface area contributed by atoms with E-state index in [1.165, 1.54) is 13.2 Å². The van der Waals surface area contributed by atoms with Gasteiger partial charge in [0.2, 0.25) is 6.29 Å². The zero-order chi connectivity index (χ0) is 25.3. The molecule has 1 aliphatic heterocycles. The summed E-state index contributed by atoms with van der Waals surface area (Å²) in [5.74, 6) is -1.73. The summed E-state index contributed by atoms with van der Waals surface area (Å²) >= 11 is 3.40. The van der Waals surface area contributed by atoms with Crippen LogP contribution in [0.4, 0.5) is 5.69 Å². The lowest BCUT2D eigenvalue weighted by molar-refractivity contribution is -0.271. The van der Waals surface area contributed by atoms with Crippen LogP contribution < -0.4 is 14.8 Å². The van der Waals surface area contributed by atoms with E-state index in [0.29, 0.717) is 22.2 Å². The largest absolute Gasteiger partial charge is 0.495 e. The number of hydrogen-bond acceptors (Lipinski definition) is 8. The number of amides is 1. The molecule has 10 nitrogen and oxygen atoms in total. The van der Waals surface area contributed by atoms with E-state index in [-0.39, 0.29) is 11.3 Å². The maximum absolute atomic E-state index is 13.3. The van der Waals surface area contributed by atoms with Crippen molar-refractivity contribution in [2.24, 2.45) is 0 Å². The number of benzene rings is 3. The summed E-state index contributed by atoms with van der Waals surface area (Å²) in [4.78, 5) is 24.7. The lowest BCUT2D eigenvalue weighted by atomic mass is 9.99. The first kappa shape index (κ1) is 24.9. The summed E-state index contributed by atoms with van der Waals surface area (Å²) in [6, 6.07) is 15.2. The number of para-hydroxylation sites is 2. The molecule has 1 aliphatic rings. The van der Waals surface area contributed by atoms with Crippen LogP contribution >= 0.6 is 15.9 Å². The topological polar surface area (TPSA) is 155 Å². The SMILES string of the molecule is COc1ccccc1NC(=O)c1cc2cc(Br)ccc2cc1O[C@H]1O[C@@H](C(=O)O)[C@H](O)[C@@H](O)[C@@H]1O. The normalized spacial score (nSPS) is 24.1. The molecule has 1 amide bonds. The number of aliphatic hydroxyl groups is 3. The van der Waals surface area contributed by atoms with Gasteiger partial charge in [-0.25, -0.2) is 4.79 Å².